The van der Waals surface area contributed by atoms with E-state index in [0.717, 1.165) is 57.8 Å². The highest BCUT2D eigenvalue weighted by Crippen LogP contribution is 2.40. The standard InChI is InChI=1S/C15H32O3S.H3N/c1-4-7-10-15(11-8-5-2,12-9-6-3)13-14-19(16,17)18;/h4-14H2,1-3H3,(H,16,17,18);1H3. The number of unbranched alkanes of at least 4 members (excludes halogenated alkanes) is 3. The van der Waals surface area contributed by atoms with E-state index in [9.17, 15) is 13.0 Å². The lowest BCUT2D eigenvalue weighted by molar-refractivity contribution is 0.190. The van der Waals surface area contributed by atoms with E-state index in [2.05, 4.69) is 20.8 Å². The molecule has 0 rings (SSSR count). The number of quaternary nitrogens is 1. The van der Waals surface area contributed by atoms with Crippen molar-refractivity contribution in [2.24, 2.45) is 5.41 Å². The predicted molar refractivity (Wildman–Crippen MR) is 86.2 cm³/mol. The van der Waals surface area contributed by atoms with E-state index >= 15 is 0 Å². The third kappa shape index (κ3) is 10.6. The lowest BCUT2D eigenvalue weighted by atomic mass is 9.72. The van der Waals surface area contributed by atoms with Gasteiger partial charge >= 0.3 is 0 Å². The van der Waals surface area contributed by atoms with Gasteiger partial charge in [0.15, 0.2) is 0 Å². The van der Waals surface area contributed by atoms with Gasteiger partial charge in [-0.3, -0.25) is 0 Å². The van der Waals surface area contributed by atoms with Crippen molar-refractivity contribution in [2.45, 2.75) is 85.0 Å². The van der Waals surface area contributed by atoms with Gasteiger partial charge in [-0.05, 0) is 31.1 Å². The minimum atomic E-state index is -4.08. The highest BCUT2D eigenvalue weighted by Gasteiger charge is 2.28. The molecule has 124 valence electrons. The van der Waals surface area contributed by atoms with Crippen LogP contribution in [0, 0.1) is 5.41 Å². The Bertz CT molecular complexity index is 293. The average molecular weight is 310 g/mol. The predicted octanol–water partition coefficient (Wildman–Crippen LogP) is 4.85. The fourth-order valence-electron chi connectivity index (χ4n) is 2.75. The topological polar surface area (TPSA) is 93.7 Å². The summed E-state index contributed by atoms with van der Waals surface area (Å²) in [5.41, 5.74) is 0.0828. The Hall–Kier alpha value is -0.130. The summed E-state index contributed by atoms with van der Waals surface area (Å²) in [5.74, 6) is -0.190. The Kier molecular flexibility index (Phi) is 12.8. The molecule has 0 aromatic carbocycles. The summed E-state index contributed by atoms with van der Waals surface area (Å²) in [4.78, 5) is 0. The maximum Gasteiger partial charge on any atom is 0.0946 e. The highest BCUT2D eigenvalue weighted by atomic mass is 32.2. The zero-order valence-corrected chi connectivity index (χ0v) is 14.7. The molecule has 0 saturated heterocycles. The van der Waals surface area contributed by atoms with Crippen molar-refractivity contribution >= 4 is 10.1 Å². The van der Waals surface area contributed by atoms with Gasteiger partial charge in [0.25, 0.3) is 0 Å². The van der Waals surface area contributed by atoms with E-state index < -0.39 is 10.1 Å². The minimum absolute atomic E-state index is 0. The van der Waals surface area contributed by atoms with Gasteiger partial charge in [0.1, 0.15) is 0 Å². The van der Waals surface area contributed by atoms with E-state index in [4.69, 9.17) is 0 Å². The second-order valence-corrected chi connectivity index (χ2v) is 7.35. The molecular weight excluding hydrogens is 274 g/mol. The molecule has 0 aliphatic carbocycles. The van der Waals surface area contributed by atoms with Crippen molar-refractivity contribution in [3.8, 4) is 0 Å². The maximum atomic E-state index is 10.9. The Morgan fingerprint density at radius 1 is 0.800 bits per heavy atom. The van der Waals surface area contributed by atoms with E-state index in [1.54, 1.807) is 0 Å². The van der Waals surface area contributed by atoms with Gasteiger partial charge in [0, 0.05) is 5.75 Å². The molecule has 4 N–H and O–H groups in total. The summed E-state index contributed by atoms with van der Waals surface area (Å²) >= 11 is 0. The van der Waals surface area contributed by atoms with Crippen molar-refractivity contribution in [2.75, 3.05) is 5.75 Å². The Balaban J connectivity index is 0. The molecule has 5 heteroatoms. The van der Waals surface area contributed by atoms with Crippen LogP contribution in [0.3, 0.4) is 0 Å². The molecule has 0 aromatic heterocycles. The van der Waals surface area contributed by atoms with Crippen LogP contribution in [0.1, 0.15) is 85.0 Å². The first-order valence-electron chi connectivity index (χ1n) is 7.82. The van der Waals surface area contributed by atoms with Crippen LogP contribution < -0.4 is 6.15 Å². The van der Waals surface area contributed by atoms with Crippen LogP contribution in [0.2, 0.25) is 0 Å². The van der Waals surface area contributed by atoms with Gasteiger partial charge in [-0.25, -0.2) is 8.42 Å². The second-order valence-electron chi connectivity index (χ2n) is 5.82. The van der Waals surface area contributed by atoms with Crippen LogP contribution in [0.25, 0.3) is 0 Å². The molecule has 0 spiro atoms. The smallest absolute Gasteiger partial charge is 0.0946 e. The first-order chi connectivity index (χ1) is 8.89. The highest BCUT2D eigenvalue weighted by molar-refractivity contribution is 7.85. The van der Waals surface area contributed by atoms with Crippen molar-refractivity contribution in [3.05, 3.63) is 0 Å². The van der Waals surface area contributed by atoms with Gasteiger partial charge in [0.2, 0.25) is 0 Å². The molecule has 0 aliphatic heterocycles. The van der Waals surface area contributed by atoms with Gasteiger partial charge < -0.3 is 10.7 Å². The molecule has 0 aromatic rings. The third-order valence-corrected chi connectivity index (χ3v) is 4.77. The fourth-order valence-corrected chi connectivity index (χ4v) is 3.43. The molecule has 0 bridgehead atoms. The van der Waals surface area contributed by atoms with Crippen LogP contribution >= 0.6 is 0 Å². The molecule has 4 nitrogen and oxygen atoms in total. The summed E-state index contributed by atoms with van der Waals surface area (Å²) in [6.07, 6.45) is 10.5. The summed E-state index contributed by atoms with van der Waals surface area (Å²) in [6, 6.07) is 0. The van der Waals surface area contributed by atoms with E-state index in [-0.39, 0.29) is 17.3 Å². The van der Waals surface area contributed by atoms with Gasteiger partial charge in [-0.15, -0.1) is 0 Å². The van der Waals surface area contributed by atoms with Crippen LogP contribution in [-0.4, -0.2) is 18.7 Å². The molecule has 0 amide bonds. The maximum absolute atomic E-state index is 10.9. The molecule has 20 heavy (non-hydrogen) atoms. The molecule has 0 aliphatic rings. The van der Waals surface area contributed by atoms with Crippen molar-refractivity contribution in [3.63, 3.8) is 0 Å². The van der Waals surface area contributed by atoms with E-state index in [0.29, 0.717) is 6.42 Å². The van der Waals surface area contributed by atoms with Crippen LogP contribution in [0.4, 0.5) is 0 Å². The molecular formula is C15H35NO3S. The lowest BCUT2D eigenvalue weighted by Gasteiger charge is -2.35. The van der Waals surface area contributed by atoms with Crippen LogP contribution in [0.5, 0.6) is 0 Å². The largest absolute Gasteiger partial charge is 0.748 e. The Morgan fingerprint density at radius 2 is 1.15 bits per heavy atom. The average Bonchev–Trinajstić information content (AvgIpc) is 2.36. The van der Waals surface area contributed by atoms with Gasteiger partial charge in [-0.2, -0.15) is 0 Å². The second kappa shape index (κ2) is 11.5. The lowest BCUT2D eigenvalue weighted by Crippen LogP contribution is -2.25. The van der Waals surface area contributed by atoms with Crippen molar-refractivity contribution in [1.29, 1.82) is 0 Å². The van der Waals surface area contributed by atoms with Crippen LogP contribution in [-0.2, 0) is 10.1 Å². The van der Waals surface area contributed by atoms with E-state index in [1.165, 1.54) is 0 Å². The van der Waals surface area contributed by atoms with Crippen LogP contribution in [0.15, 0.2) is 0 Å². The summed E-state index contributed by atoms with van der Waals surface area (Å²) < 4.78 is 32.8. The SMILES string of the molecule is CCCCC(CCCC)(CCCC)CCS(=O)(=O)[O-].[NH4+]. The minimum Gasteiger partial charge on any atom is -0.748 e. The van der Waals surface area contributed by atoms with Gasteiger partial charge in [-0.1, -0.05) is 59.3 Å². The summed E-state index contributed by atoms with van der Waals surface area (Å²) in [5, 5.41) is 0. The first-order valence-corrected chi connectivity index (χ1v) is 9.40. The van der Waals surface area contributed by atoms with E-state index in [1.807, 2.05) is 0 Å². The van der Waals surface area contributed by atoms with Crippen molar-refractivity contribution < 1.29 is 13.0 Å². The Morgan fingerprint density at radius 3 is 1.40 bits per heavy atom. The zero-order chi connectivity index (χ0) is 14.8. The summed E-state index contributed by atoms with van der Waals surface area (Å²) in [7, 11) is -4.08. The first kappa shape index (κ1) is 22.2. The quantitative estimate of drug-likeness (QED) is 0.522. The summed E-state index contributed by atoms with van der Waals surface area (Å²) in [6.45, 7) is 6.48. The molecule has 0 radical (unpaired) electrons. The number of rotatable bonds is 12. The molecule has 0 saturated carbocycles. The van der Waals surface area contributed by atoms with Gasteiger partial charge in [0.05, 0.1) is 10.1 Å². The number of hydrogen-bond donors (Lipinski definition) is 1. The molecule has 0 heterocycles. The molecule has 0 fully saturated rings. The zero-order valence-electron chi connectivity index (χ0n) is 13.9. The fraction of sp³-hybridized carbons (Fsp3) is 1.00. The van der Waals surface area contributed by atoms with Crippen molar-refractivity contribution in [1.82, 2.24) is 6.15 Å². The Labute approximate surface area is 126 Å². The third-order valence-electron chi connectivity index (χ3n) is 4.06. The monoisotopic (exact) mass is 309 g/mol. The normalized spacial score (nSPS) is 12.2. The number of hydrogen-bond acceptors (Lipinski definition) is 3. The molecule has 0 unspecified atom stereocenters. The molecule has 0 atom stereocenters.